The summed E-state index contributed by atoms with van der Waals surface area (Å²) in [6.07, 6.45) is 2.53. The number of nitrogens with one attached hydrogen (secondary N) is 1. The second kappa shape index (κ2) is 6.36. The van der Waals surface area contributed by atoms with Crippen molar-refractivity contribution in [1.82, 2.24) is 5.32 Å². The first-order valence-corrected chi connectivity index (χ1v) is 6.18. The van der Waals surface area contributed by atoms with Crippen molar-refractivity contribution in [3.8, 4) is 0 Å². The molecule has 0 aliphatic carbocycles. The maximum Gasteiger partial charge on any atom is 0.247 e. The van der Waals surface area contributed by atoms with Gasteiger partial charge >= 0.3 is 0 Å². The Bertz CT molecular complexity index is 416. The second-order valence-corrected chi connectivity index (χ2v) is 4.93. The number of amides is 1. The molecule has 0 unspecified atom stereocenters. The first kappa shape index (κ1) is 14.5. The number of carbonyl (C=O) groups is 1. The number of aliphatic hydroxyl groups is 1. The van der Waals surface area contributed by atoms with Gasteiger partial charge in [0.15, 0.2) is 0 Å². The standard InChI is InChI=1S/C15H21NO2/c1-4-13(10-12-8-6-5-7-9-12)14(17)16-11-15(2,3)18/h5-10,18H,4,11H2,1-3H3,(H,16,17)/b13-10+. The number of hydrogen-bond acceptors (Lipinski definition) is 2. The van der Waals surface area contributed by atoms with E-state index in [4.69, 9.17) is 0 Å². The third-order valence-corrected chi connectivity index (χ3v) is 2.49. The Hall–Kier alpha value is -1.61. The molecule has 3 nitrogen and oxygen atoms in total. The molecule has 18 heavy (non-hydrogen) atoms. The van der Waals surface area contributed by atoms with Gasteiger partial charge in [0.25, 0.3) is 0 Å². The van der Waals surface area contributed by atoms with Crippen LogP contribution >= 0.6 is 0 Å². The van der Waals surface area contributed by atoms with Crippen LogP contribution in [0.3, 0.4) is 0 Å². The monoisotopic (exact) mass is 247 g/mol. The molecule has 0 aliphatic heterocycles. The van der Waals surface area contributed by atoms with Crippen molar-refractivity contribution in [1.29, 1.82) is 0 Å². The number of hydrogen-bond donors (Lipinski definition) is 2. The fourth-order valence-electron chi connectivity index (χ4n) is 1.49. The van der Waals surface area contributed by atoms with Crippen LogP contribution in [0.2, 0.25) is 0 Å². The van der Waals surface area contributed by atoms with E-state index in [1.165, 1.54) is 0 Å². The molecule has 0 saturated carbocycles. The molecule has 0 spiro atoms. The molecule has 0 aromatic heterocycles. The van der Waals surface area contributed by atoms with E-state index in [-0.39, 0.29) is 12.5 Å². The van der Waals surface area contributed by atoms with E-state index < -0.39 is 5.60 Å². The van der Waals surface area contributed by atoms with Crippen LogP contribution in [-0.4, -0.2) is 23.2 Å². The molecule has 0 heterocycles. The minimum atomic E-state index is -0.888. The van der Waals surface area contributed by atoms with Gasteiger partial charge in [0.1, 0.15) is 0 Å². The number of carbonyl (C=O) groups excluding carboxylic acids is 1. The van der Waals surface area contributed by atoms with E-state index in [2.05, 4.69) is 5.32 Å². The molecular formula is C15H21NO2. The lowest BCUT2D eigenvalue weighted by atomic mass is 10.1. The fraction of sp³-hybridized carbons (Fsp3) is 0.400. The van der Waals surface area contributed by atoms with Crippen LogP contribution < -0.4 is 5.32 Å². The van der Waals surface area contributed by atoms with Crippen molar-refractivity contribution in [3.63, 3.8) is 0 Å². The summed E-state index contributed by atoms with van der Waals surface area (Å²) in [5, 5.41) is 12.3. The smallest absolute Gasteiger partial charge is 0.247 e. The van der Waals surface area contributed by atoms with Crippen LogP contribution in [0, 0.1) is 0 Å². The zero-order chi connectivity index (χ0) is 13.6. The maximum atomic E-state index is 11.9. The van der Waals surface area contributed by atoms with E-state index >= 15 is 0 Å². The van der Waals surface area contributed by atoms with Gasteiger partial charge in [-0.1, -0.05) is 37.3 Å². The maximum absolute atomic E-state index is 11.9. The highest BCUT2D eigenvalue weighted by atomic mass is 16.3. The minimum Gasteiger partial charge on any atom is -0.389 e. The number of benzene rings is 1. The lowest BCUT2D eigenvalue weighted by Crippen LogP contribution is -2.38. The Morgan fingerprint density at radius 2 is 1.94 bits per heavy atom. The molecule has 0 aliphatic rings. The average Bonchev–Trinajstić information content (AvgIpc) is 2.33. The molecule has 1 rings (SSSR count). The Kier molecular flexibility index (Phi) is 5.10. The summed E-state index contributed by atoms with van der Waals surface area (Å²) in [6.45, 7) is 5.52. The summed E-state index contributed by atoms with van der Waals surface area (Å²) in [7, 11) is 0. The van der Waals surface area contributed by atoms with Crippen molar-refractivity contribution in [2.45, 2.75) is 32.8 Å². The molecule has 0 bridgehead atoms. The highest BCUT2D eigenvalue weighted by Gasteiger charge is 2.15. The van der Waals surface area contributed by atoms with Gasteiger partial charge in [-0.05, 0) is 31.9 Å². The zero-order valence-electron chi connectivity index (χ0n) is 11.2. The van der Waals surface area contributed by atoms with Crippen molar-refractivity contribution < 1.29 is 9.90 Å². The molecule has 1 aromatic rings. The van der Waals surface area contributed by atoms with Gasteiger partial charge in [-0.15, -0.1) is 0 Å². The molecule has 1 aromatic carbocycles. The van der Waals surface area contributed by atoms with Gasteiger partial charge in [-0.2, -0.15) is 0 Å². The molecule has 1 amide bonds. The predicted molar refractivity (Wildman–Crippen MR) is 74.0 cm³/mol. The molecule has 0 saturated heterocycles. The van der Waals surface area contributed by atoms with Gasteiger partial charge in [0.05, 0.1) is 5.60 Å². The summed E-state index contributed by atoms with van der Waals surface area (Å²) in [4.78, 5) is 11.9. The van der Waals surface area contributed by atoms with Crippen LogP contribution in [0.4, 0.5) is 0 Å². The summed E-state index contributed by atoms with van der Waals surface area (Å²) < 4.78 is 0. The predicted octanol–water partition coefficient (Wildman–Crippen LogP) is 2.37. The van der Waals surface area contributed by atoms with Crippen molar-refractivity contribution in [2.24, 2.45) is 0 Å². The summed E-state index contributed by atoms with van der Waals surface area (Å²) in [6, 6.07) is 9.73. The van der Waals surface area contributed by atoms with E-state index in [1.807, 2.05) is 43.3 Å². The zero-order valence-corrected chi connectivity index (χ0v) is 11.2. The van der Waals surface area contributed by atoms with Crippen molar-refractivity contribution in [2.75, 3.05) is 6.54 Å². The lowest BCUT2D eigenvalue weighted by molar-refractivity contribution is -0.118. The molecule has 2 N–H and O–H groups in total. The van der Waals surface area contributed by atoms with Gasteiger partial charge in [0, 0.05) is 12.1 Å². The third-order valence-electron chi connectivity index (χ3n) is 2.49. The Balaban J connectivity index is 2.72. The SMILES string of the molecule is CC/C(=C\c1ccccc1)C(=O)NCC(C)(C)O. The third kappa shape index (κ3) is 5.15. The van der Waals surface area contributed by atoms with E-state index in [0.29, 0.717) is 12.0 Å². The fourth-order valence-corrected chi connectivity index (χ4v) is 1.49. The summed E-state index contributed by atoms with van der Waals surface area (Å²) in [5.41, 5.74) is 0.833. The summed E-state index contributed by atoms with van der Waals surface area (Å²) >= 11 is 0. The highest BCUT2D eigenvalue weighted by Crippen LogP contribution is 2.10. The molecule has 0 fully saturated rings. The number of rotatable bonds is 5. The Morgan fingerprint density at radius 1 is 1.33 bits per heavy atom. The lowest BCUT2D eigenvalue weighted by Gasteiger charge is -2.18. The van der Waals surface area contributed by atoms with E-state index in [0.717, 1.165) is 5.56 Å². The average molecular weight is 247 g/mol. The van der Waals surface area contributed by atoms with Crippen LogP contribution in [0.1, 0.15) is 32.8 Å². The molecule has 0 radical (unpaired) electrons. The molecule has 3 heteroatoms. The van der Waals surface area contributed by atoms with Gasteiger partial charge < -0.3 is 10.4 Å². The Morgan fingerprint density at radius 3 is 2.44 bits per heavy atom. The molecular weight excluding hydrogens is 226 g/mol. The van der Waals surface area contributed by atoms with Crippen molar-refractivity contribution >= 4 is 12.0 Å². The van der Waals surface area contributed by atoms with Gasteiger partial charge in [-0.25, -0.2) is 0 Å². The van der Waals surface area contributed by atoms with E-state index in [9.17, 15) is 9.90 Å². The quantitative estimate of drug-likeness (QED) is 0.785. The summed E-state index contributed by atoms with van der Waals surface area (Å²) in [5.74, 6) is -0.122. The largest absolute Gasteiger partial charge is 0.389 e. The van der Waals surface area contributed by atoms with Crippen LogP contribution in [-0.2, 0) is 4.79 Å². The van der Waals surface area contributed by atoms with E-state index in [1.54, 1.807) is 13.8 Å². The topological polar surface area (TPSA) is 49.3 Å². The Labute approximate surface area is 109 Å². The van der Waals surface area contributed by atoms with Crippen LogP contribution in [0.15, 0.2) is 35.9 Å². The second-order valence-electron chi connectivity index (χ2n) is 4.93. The van der Waals surface area contributed by atoms with Gasteiger partial charge in [-0.3, -0.25) is 4.79 Å². The normalized spacial score (nSPS) is 12.3. The van der Waals surface area contributed by atoms with Gasteiger partial charge in [0.2, 0.25) is 5.91 Å². The minimum absolute atomic E-state index is 0.122. The van der Waals surface area contributed by atoms with Crippen LogP contribution in [0.25, 0.3) is 6.08 Å². The first-order valence-electron chi connectivity index (χ1n) is 6.18. The molecule has 0 atom stereocenters. The molecule has 98 valence electrons. The van der Waals surface area contributed by atoms with Crippen molar-refractivity contribution in [3.05, 3.63) is 41.5 Å². The highest BCUT2D eigenvalue weighted by molar-refractivity contribution is 5.97. The first-order chi connectivity index (χ1) is 8.42. The van der Waals surface area contributed by atoms with Crippen LogP contribution in [0.5, 0.6) is 0 Å².